The largest absolute Gasteiger partial charge is 0.492 e. The number of halogens is 2. The zero-order valence-electron chi connectivity index (χ0n) is 7.72. The van der Waals surface area contributed by atoms with E-state index >= 15 is 0 Å². The van der Waals surface area contributed by atoms with E-state index in [1.165, 1.54) is 0 Å². The quantitative estimate of drug-likeness (QED) is 0.842. The fourth-order valence-corrected chi connectivity index (χ4v) is 1.69. The van der Waals surface area contributed by atoms with E-state index in [4.69, 9.17) is 16.3 Å². The molecule has 4 heteroatoms. The van der Waals surface area contributed by atoms with Crippen molar-refractivity contribution in [1.82, 2.24) is 0 Å². The van der Waals surface area contributed by atoms with Gasteiger partial charge in [0.2, 0.25) is 0 Å². The summed E-state index contributed by atoms with van der Waals surface area (Å²) in [6, 6.07) is 5.27. The number of hydrogen-bond acceptors (Lipinski definition) is 2. The molecule has 1 rings (SSSR count). The minimum absolute atomic E-state index is 0.120. The molecule has 1 aromatic rings. The number of carbonyl (C=O) groups excluding carboxylic acids is 1. The molecule has 0 saturated heterocycles. The molecule has 0 aliphatic rings. The first kappa shape index (κ1) is 11.5. The molecule has 1 aromatic carbocycles. The second kappa shape index (κ2) is 5.37. The molecule has 76 valence electrons. The van der Waals surface area contributed by atoms with Crippen LogP contribution in [0.5, 0.6) is 5.75 Å². The van der Waals surface area contributed by atoms with Crippen LogP contribution >= 0.6 is 27.5 Å². The van der Waals surface area contributed by atoms with Crippen molar-refractivity contribution in [3.8, 4) is 5.75 Å². The maximum atomic E-state index is 10.7. The fourth-order valence-electron chi connectivity index (χ4n) is 0.897. The zero-order valence-corrected chi connectivity index (χ0v) is 10.1. The highest BCUT2D eigenvalue weighted by Gasteiger charge is 2.02. The van der Waals surface area contributed by atoms with Crippen LogP contribution in [0, 0.1) is 0 Å². The molecular weight excluding hydrogens is 267 g/mol. The number of Topliss-reactive ketones (excluding diaryl/α,β-unsaturated/α-hetero) is 1. The van der Waals surface area contributed by atoms with Crippen molar-refractivity contribution in [2.24, 2.45) is 0 Å². The molecule has 0 aliphatic heterocycles. The average molecular weight is 278 g/mol. The first-order valence-electron chi connectivity index (χ1n) is 4.17. The van der Waals surface area contributed by atoms with E-state index in [-0.39, 0.29) is 5.78 Å². The third-order valence-corrected chi connectivity index (χ3v) is 2.46. The molecule has 0 amide bonds. The van der Waals surface area contributed by atoms with Gasteiger partial charge in [0.1, 0.15) is 11.5 Å². The number of hydrogen-bond donors (Lipinski definition) is 0. The highest BCUT2D eigenvalue weighted by Crippen LogP contribution is 2.27. The summed E-state index contributed by atoms with van der Waals surface area (Å²) in [4.78, 5) is 10.7. The summed E-state index contributed by atoms with van der Waals surface area (Å²) in [6.07, 6.45) is 0.426. The lowest BCUT2D eigenvalue weighted by molar-refractivity contribution is -0.117. The first-order valence-corrected chi connectivity index (χ1v) is 5.34. The molecule has 0 saturated carbocycles. The second-order valence-corrected chi connectivity index (χ2v) is 4.17. The van der Waals surface area contributed by atoms with Crippen molar-refractivity contribution in [1.29, 1.82) is 0 Å². The third-order valence-electron chi connectivity index (χ3n) is 1.61. The van der Waals surface area contributed by atoms with E-state index in [1.54, 1.807) is 25.1 Å². The maximum absolute atomic E-state index is 10.7. The lowest BCUT2D eigenvalue weighted by Gasteiger charge is -2.06. The van der Waals surface area contributed by atoms with Crippen LogP contribution in [0.1, 0.15) is 13.3 Å². The van der Waals surface area contributed by atoms with Gasteiger partial charge in [-0.2, -0.15) is 0 Å². The van der Waals surface area contributed by atoms with Crippen molar-refractivity contribution in [3.63, 3.8) is 0 Å². The van der Waals surface area contributed by atoms with Gasteiger partial charge in [0, 0.05) is 11.4 Å². The van der Waals surface area contributed by atoms with Crippen molar-refractivity contribution in [3.05, 3.63) is 27.7 Å². The molecule has 0 aliphatic carbocycles. The third kappa shape index (κ3) is 3.68. The summed E-state index contributed by atoms with van der Waals surface area (Å²) in [5.41, 5.74) is 0. The smallest absolute Gasteiger partial charge is 0.133 e. The molecule has 0 fully saturated rings. The molecule has 0 aromatic heterocycles. The normalized spacial score (nSPS) is 9.93. The Bertz CT molecular complexity index is 339. The minimum atomic E-state index is 0.120. The van der Waals surface area contributed by atoms with Crippen molar-refractivity contribution < 1.29 is 9.53 Å². The van der Waals surface area contributed by atoms with Gasteiger partial charge < -0.3 is 4.74 Å². The minimum Gasteiger partial charge on any atom is -0.492 e. The standard InChI is InChI=1S/C10H10BrClO2/c1-7(13)4-5-14-10-3-2-8(12)6-9(10)11/h2-3,6H,4-5H2,1H3. The van der Waals surface area contributed by atoms with Gasteiger partial charge in [0.05, 0.1) is 11.1 Å². The molecular formula is C10H10BrClO2. The summed E-state index contributed by atoms with van der Waals surface area (Å²) in [5, 5.41) is 0.649. The molecule has 0 heterocycles. The van der Waals surface area contributed by atoms with Gasteiger partial charge >= 0.3 is 0 Å². The van der Waals surface area contributed by atoms with Gasteiger partial charge in [0.15, 0.2) is 0 Å². The summed E-state index contributed by atoms with van der Waals surface area (Å²) in [6.45, 7) is 1.94. The average Bonchev–Trinajstić information content (AvgIpc) is 2.08. The van der Waals surface area contributed by atoms with Crippen LogP contribution in [0.15, 0.2) is 22.7 Å². The van der Waals surface area contributed by atoms with E-state index < -0.39 is 0 Å². The molecule has 2 nitrogen and oxygen atoms in total. The van der Waals surface area contributed by atoms with Crippen LogP contribution in [0.25, 0.3) is 0 Å². The van der Waals surface area contributed by atoms with E-state index in [2.05, 4.69) is 15.9 Å². The Morgan fingerprint density at radius 1 is 1.57 bits per heavy atom. The number of carbonyl (C=O) groups is 1. The fraction of sp³-hybridized carbons (Fsp3) is 0.300. The second-order valence-electron chi connectivity index (χ2n) is 2.88. The summed E-state index contributed by atoms with van der Waals surface area (Å²) in [7, 11) is 0. The van der Waals surface area contributed by atoms with E-state index in [0.29, 0.717) is 23.8 Å². The Kier molecular flexibility index (Phi) is 4.42. The van der Waals surface area contributed by atoms with Crippen molar-refractivity contribution in [2.75, 3.05) is 6.61 Å². The molecule has 0 N–H and O–H groups in total. The van der Waals surface area contributed by atoms with Crippen molar-refractivity contribution in [2.45, 2.75) is 13.3 Å². The highest BCUT2D eigenvalue weighted by molar-refractivity contribution is 9.10. The van der Waals surface area contributed by atoms with E-state index in [1.807, 2.05) is 0 Å². The van der Waals surface area contributed by atoms with Crippen LogP contribution in [0.3, 0.4) is 0 Å². The number of rotatable bonds is 4. The molecule has 0 radical (unpaired) electrons. The maximum Gasteiger partial charge on any atom is 0.133 e. The monoisotopic (exact) mass is 276 g/mol. The van der Waals surface area contributed by atoms with Gasteiger partial charge in [-0.15, -0.1) is 0 Å². The molecule has 14 heavy (non-hydrogen) atoms. The van der Waals surface area contributed by atoms with Crippen LogP contribution in [0.4, 0.5) is 0 Å². The lowest BCUT2D eigenvalue weighted by Crippen LogP contribution is -2.02. The van der Waals surface area contributed by atoms with Crippen LogP contribution in [-0.4, -0.2) is 12.4 Å². The lowest BCUT2D eigenvalue weighted by atomic mass is 10.3. The Balaban J connectivity index is 2.55. The topological polar surface area (TPSA) is 26.3 Å². The number of benzene rings is 1. The molecule has 0 spiro atoms. The molecule has 0 atom stereocenters. The molecule has 0 bridgehead atoms. The van der Waals surface area contributed by atoms with E-state index in [9.17, 15) is 4.79 Å². The highest BCUT2D eigenvalue weighted by atomic mass is 79.9. The van der Waals surface area contributed by atoms with E-state index in [0.717, 1.165) is 4.47 Å². The predicted molar refractivity (Wildman–Crippen MR) is 59.9 cm³/mol. The number of ketones is 1. The number of ether oxygens (including phenoxy) is 1. The van der Waals surface area contributed by atoms with Gasteiger partial charge in [-0.05, 0) is 41.1 Å². The van der Waals surface area contributed by atoms with Crippen LogP contribution in [-0.2, 0) is 4.79 Å². The van der Waals surface area contributed by atoms with Crippen LogP contribution < -0.4 is 4.74 Å². The summed E-state index contributed by atoms with van der Waals surface area (Å²) >= 11 is 9.08. The molecule has 0 unspecified atom stereocenters. The predicted octanol–water partition coefficient (Wildman–Crippen LogP) is 3.46. The Hall–Kier alpha value is -0.540. The first-order chi connectivity index (χ1) is 6.59. The van der Waals surface area contributed by atoms with Crippen LogP contribution in [0.2, 0.25) is 5.02 Å². The Labute approximate surface area is 96.3 Å². The zero-order chi connectivity index (χ0) is 10.6. The van der Waals surface area contributed by atoms with Gasteiger partial charge in [-0.1, -0.05) is 11.6 Å². The van der Waals surface area contributed by atoms with Crippen molar-refractivity contribution >= 4 is 33.3 Å². The van der Waals surface area contributed by atoms with Gasteiger partial charge in [-0.3, -0.25) is 4.79 Å². The summed E-state index contributed by atoms with van der Waals surface area (Å²) in [5.74, 6) is 0.825. The Morgan fingerprint density at radius 2 is 2.29 bits per heavy atom. The van der Waals surface area contributed by atoms with Gasteiger partial charge in [-0.25, -0.2) is 0 Å². The Morgan fingerprint density at radius 3 is 2.86 bits per heavy atom. The SMILES string of the molecule is CC(=O)CCOc1ccc(Cl)cc1Br. The summed E-state index contributed by atoms with van der Waals surface area (Å²) < 4.78 is 6.18. The van der Waals surface area contributed by atoms with Gasteiger partial charge in [0.25, 0.3) is 0 Å².